The zero-order valence-corrected chi connectivity index (χ0v) is 20.6. The summed E-state index contributed by atoms with van der Waals surface area (Å²) in [7, 11) is 0. The van der Waals surface area contributed by atoms with Crippen molar-refractivity contribution in [2.45, 2.75) is 25.2 Å². The standard InChI is InChI=1S/C26H23.3ClH.Ti/c1-26(23-13-7-3-8-14-23,24-15-9-4-10-16-24)25-18-17-22(20-25)19-21-11-5-2-6-12-21;;;;/h2-17H,18-19H2,1H3;3*1H;/q-1;;;;+4/p-3. The van der Waals surface area contributed by atoms with E-state index < -0.39 is 0 Å². The van der Waals surface area contributed by atoms with Crippen LogP contribution in [0.5, 0.6) is 0 Å². The van der Waals surface area contributed by atoms with E-state index in [1.807, 2.05) is 0 Å². The van der Waals surface area contributed by atoms with Crippen molar-refractivity contribution in [2.24, 2.45) is 0 Å². The zero-order chi connectivity index (χ0) is 17.8. The van der Waals surface area contributed by atoms with Crippen LogP contribution in [0.3, 0.4) is 0 Å². The monoisotopic (exact) mass is 488 g/mol. The average Bonchev–Trinajstić information content (AvgIpc) is 3.18. The average molecular weight is 490 g/mol. The van der Waals surface area contributed by atoms with E-state index >= 15 is 0 Å². The van der Waals surface area contributed by atoms with Gasteiger partial charge >= 0.3 is 21.7 Å². The van der Waals surface area contributed by atoms with Gasteiger partial charge in [-0.2, -0.15) is 5.57 Å². The van der Waals surface area contributed by atoms with Crippen LogP contribution in [-0.4, -0.2) is 0 Å². The van der Waals surface area contributed by atoms with Gasteiger partial charge in [0.15, 0.2) is 0 Å². The first-order chi connectivity index (χ1) is 12.8. The number of hydrogen-bond donors (Lipinski definition) is 0. The molecule has 0 atom stereocenters. The van der Waals surface area contributed by atoms with Crippen LogP contribution in [0.4, 0.5) is 0 Å². The summed E-state index contributed by atoms with van der Waals surface area (Å²) >= 11 is 0. The Morgan fingerprint density at radius 2 is 1.13 bits per heavy atom. The fourth-order valence-electron chi connectivity index (χ4n) is 3.84. The van der Waals surface area contributed by atoms with Gasteiger partial charge in [-0.1, -0.05) is 97.4 Å². The molecule has 0 heterocycles. The van der Waals surface area contributed by atoms with Crippen LogP contribution in [0.25, 0.3) is 0 Å². The molecule has 0 unspecified atom stereocenters. The number of hydrogen-bond acceptors (Lipinski definition) is 0. The SMILES string of the molecule is CC(C1=[C-]C(Cc2ccccc2)=CC1)(c1ccccc1)c1ccccc1.[Cl-].[Cl-].[Cl-].[Ti+4]. The van der Waals surface area contributed by atoms with Crippen LogP contribution in [0.15, 0.2) is 108 Å². The quantitative estimate of drug-likeness (QED) is 0.271. The minimum absolute atomic E-state index is 0. The summed E-state index contributed by atoms with van der Waals surface area (Å²) in [4.78, 5) is 0. The maximum absolute atomic E-state index is 3.75. The first kappa shape index (κ1) is 28.7. The summed E-state index contributed by atoms with van der Waals surface area (Å²) in [6.07, 6.45) is 8.00. The van der Waals surface area contributed by atoms with Crippen LogP contribution >= 0.6 is 0 Å². The molecule has 152 valence electrons. The largest absolute Gasteiger partial charge is 4.00 e. The van der Waals surface area contributed by atoms with Gasteiger partial charge in [0.05, 0.1) is 0 Å². The first-order valence-electron chi connectivity index (χ1n) is 9.24. The molecule has 1 aliphatic carbocycles. The molecule has 0 bridgehead atoms. The second kappa shape index (κ2) is 13.2. The van der Waals surface area contributed by atoms with Crippen molar-refractivity contribution < 1.29 is 58.9 Å². The normalized spacial score (nSPS) is 12.2. The van der Waals surface area contributed by atoms with Gasteiger partial charge in [0.2, 0.25) is 0 Å². The van der Waals surface area contributed by atoms with Crippen molar-refractivity contribution >= 4 is 0 Å². The summed E-state index contributed by atoms with van der Waals surface area (Å²) in [5, 5.41) is 0. The molecule has 3 aromatic carbocycles. The molecule has 3 aromatic rings. The summed E-state index contributed by atoms with van der Waals surface area (Å²) in [6.45, 7) is 2.33. The Bertz CT molecular complexity index is 896. The molecule has 0 radical (unpaired) electrons. The van der Waals surface area contributed by atoms with Crippen LogP contribution in [0.1, 0.15) is 30.0 Å². The molecule has 30 heavy (non-hydrogen) atoms. The van der Waals surface area contributed by atoms with Gasteiger partial charge in [-0.15, -0.1) is 0 Å². The van der Waals surface area contributed by atoms with E-state index in [-0.39, 0.29) is 64.4 Å². The number of halogens is 3. The van der Waals surface area contributed by atoms with E-state index in [1.165, 1.54) is 27.8 Å². The predicted octanol–water partition coefficient (Wildman–Crippen LogP) is -2.70. The van der Waals surface area contributed by atoms with Crippen molar-refractivity contribution in [2.75, 3.05) is 0 Å². The Morgan fingerprint density at radius 1 is 0.700 bits per heavy atom. The molecule has 4 rings (SSSR count). The Kier molecular flexibility index (Phi) is 12.6. The van der Waals surface area contributed by atoms with E-state index in [2.05, 4.69) is 110 Å². The number of benzene rings is 3. The second-order valence-electron chi connectivity index (χ2n) is 7.06. The Labute approximate surface area is 214 Å². The van der Waals surface area contributed by atoms with Gasteiger partial charge in [0, 0.05) is 5.41 Å². The molecule has 0 saturated carbocycles. The maximum atomic E-state index is 3.75. The first-order valence-corrected chi connectivity index (χ1v) is 9.24. The molecule has 0 aromatic heterocycles. The van der Waals surface area contributed by atoms with E-state index in [1.54, 1.807) is 0 Å². The van der Waals surface area contributed by atoms with E-state index in [0.717, 1.165) is 12.8 Å². The molecule has 4 heteroatoms. The molecule has 0 nitrogen and oxygen atoms in total. The summed E-state index contributed by atoms with van der Waals surface area (Å²) in [5.74, 6) is 0. The van der Waals surface area contributed by atoms with Crippen molar-refractivity contribution in [3.05, 3.63) is 131 Å². The second-order valence-corrected chi connectivity index (χ2v) is 7.06. The third kappa shape index (κ3) is 6.13. The molecule has 0 saturated heterocycles. The molecule has 0 N–H and O–H groups in total. The fourth-order valence-corrected chi connectivity index (χ4v) is 3.84. The topological polar surface area (TPSA) is 0 Å². The molecule has 0 aliphatic heterocycles. The van der Waals surface area contributed by atoms with Crippen LogP contribution in [-0.2, 0) is 33.6 Å². The minimum atomic E-state index is -0.155. The number of rotatable bonds is 5. The van der Waals surface area contributed by atoms with E-state index in [9.17, 15) is 0 Å². The maximum Gasteiger partial charge on any atom is 4.00 e. The van der Waals surface area contributed by atoms with Gasteiger partial charge in [-0.25, -0.2) is 17.7 Å². The van der Waals surface area contributed by atoms with Crippen molar-refractivity contribution in [1.82, 2.24) is 0 Å². The zero-order valence-electron chi connectivity index (χ0n) is 16.8. The predicted molar refractivity (Wildman–Crippen MR) is 109 cm³/mol. The third-order valence-electron chi connectivity index (χ3n) is 5.41. The van der Waals surface area contributed by atoms with Crippen molar-refractivity contribution in [3.8, 4) is 0 Å². The van der Waals surface area contributed by atoms with Gasteiger partial charge < -0.3 is 37.2 Å². The molecular weight excluding hydrogens is 467 g/mol. The third-order valence-corrected chi connectivity index (χ3v) is 5.41. The Morgan fingerprint density at radius 3 is 1.60 bits per heavy atom. The molecule has 0 amide bonds. The molecular formula is C26H23Cl3Ti. The Hall–Kier alpha value is -1.28. The van der Waals surface area contributed by atoms with Crippen molar-refractivity contribution in [3.63, 3.8) is 0 Å². The molecule has 1 aliphatic rings. The smallest absolute Gasteiger partial charge is 1.00 e. The van der Waals surface area contributed by atoms with E-state index in [0.29, 0.717) is 0 Å². The molecule has 0 fully saturated rings. The summed E-state index contributed by atoms with van der Waals surface area (Å²) in [6, 6.07) is 32.3. The fraction of sp³-hybridized carbons (Fsp3) is 0.154. The van der Waals surface area contributed by atoms with E-state index in [4.69, 9.17) is 0 Å². The van der Waals surface area contributed by atoms with Gasteiger partial charge in [0.1, 0.15) is 0 Å². The van der Waals surface area contributed by atoms with Gasteiger partial charge in [0.25, 0.3) is 0 Å². The van der Waals surface area contributed by atoms with Crippen LogP contribution in [0.2, 0.25) is 0 Å². The summed E-state index contributed by atoms with van der Waals surface area (Å²) < 4.78 is 0. The van der Waals surface area contributed by atoms with Gasteiger partial charge in [-0.05, 0) is 30.0 Å². The Balaban J connectivity index is 0.00000210. The molecule has 0 spiro atoms. The van der Waals surface area contributed by atoms with Crippen LogP contribution < -0.4 is 37.2 Å². The van der Waals surface area contributed by atoms with Crippen LogP contribution in [0, 0.1) is 6.08 Å². The minimum Gasteiger partial charge on any atom is -1.00 e. The van der Waals surface area contributed by atoms with Gasteiger partial charge in [-0.3, -0.25) is 0 Å². The number of allylic oxidation sites excluding steroid dienone is 4. The van der Waals surface area contributed by atoms with Crippen molar-refractivity contribution in [1.29, 1.82) is 0 Å². The summed E-state index contributed by atoms with van der Waals surface area (Å²) in [5.41, 5.74) is 6.47.